The predicted octanol–water partition coefficient (Wildman–Crippen LogP) is -3.47. The Morgan fingerprint density at radius 1 is 1.20 bits per heavy atom. The summed E-state index contributed by atoms with van der Waals surface area (Å²) in [5.74, 6) is -5.57. The lowest BCUT2D eigenvalue weighted by Crippen LogP contribution is -2.74. The summed E-state index contributed by atoms with van der Waals surface area (Å²) in [6.45, 7) is 0.496. The van der Waals surface area contributed by atoms with Gasteiger partial charge in [-0.2, -0.15) is 13.1 Å². The number of carboxylic acid groups (broad SMARTS) is 1. The first kappa shape index (κ1) is 35.0. The van der Waals surface area contributed by atoms with Gasteiger partial charge in [0, 0.05) is 18.0 Å². The van der Waals surface area contributed by atoms with Gasteiger partial charge in [0.25, 0.3) is 11.8 Å². The zero-order valence-corrected chi connectivity index (χ0v) is 25.3. The van der Waals surface area contributed by atoms with E-state index in [0.717, 1.165) is 31.3 Å². The molecule has 250 valence electrons. The summed E-state index contributed by atoms with van der Waals surface area (Å²) in [7, 11) is -5.16. The lowest BCUT2D eigenvalue weighted by Gasteiger charge is -2.44. The molecule has 0 bridgehead atoms. The zero-order chi connectivity index (χ0) is 34.6. The molecule has 2 atom stereocenters. The first-order chi connectivity index (χ1) is 21.3. The van der Waals surface area contributed by atoms with E-state index in [2.05, 4.69) is 31.4 Å². The standard InChI is InChI=1S/C22H27N9O13S2/c1-22(2,19(37)38)44-29-15(10-8-45-20(23)27-10)17(35)28-16-11(31(18(16)36)46(41,42)43)5-24-14(34)6-26-21(39)25-4-9-3-12(32)13(33)7-30(9)40/h3,7-8,11,16,33,40H,4-6H2,1-2H3,(H2,23,27)(H,24,34)(H,28,35)(H,37,38)(H2,25,26,39)(H,41,42,43)/t11-,16+/m1/s1. The number of β-lactam (4-membered cyclic amide) rings is 1. The van der Waals surface area contributed by atoms with Crippen LogP contribution in [0, 0.1) is 0 Å². The van der Waals surface area contributed by atoms with E-state index in [1.54, 1.807) is 0 Å². The van der Waals surface area contributed by atoms with E-state index in [-0.39, 0.29) is 20.8 Å². The van der Waals surface area contributed by atoms with Crippen LogP contribution < -0.4 is 32.4 Å². The molecule has 1 saturated heterocycles. The van der Waals surface area contributed by atoms with Crippen LogP contribution in [-0.2, 0) is 40.9 Å². The van der Waals surface area contributed by atoms with Crippen molar-refractivity contribution in [3.63, 3.8) is 0 Å². The molecule has 0 unspecified atom stereocenters. The summed E-state index contributed by atoms with van der Waals surface area (Å²) in [6, 6.07) is -3.33. The number of aromatic hydroxyl groups is 1. The van der Waals surface area contributed by atoms with E-state index in [4.69, 9.17) is 10.6 Å². The van der Waals surface area contributed by atoms with Crippen molar-refractivity contribution in [3.05, 3.63) is 39.3 Å². The number of rotatable bonds is 13. The number of pyridine rings is 1. The second-order valence-corrected chi connectivity index (χ2v) is 11.9. The molecule has 3 rings (SSSR count). The molecular weight excluding hydrogens is 662 g/mol. The first-order valence-corrected chi connectivity index (χ1v) is 14.8. The smallest absolute Gasteiger partial charge is 0.362 e. The van der Waals surface area contributed by atoms with Gasteiger partial charge in [-0.1, -0.05) is 5.16 Å². The molecule has 2 aromatic rings. The van der Waals surface area contributed by atoms with Crippen molar-refractivity contribution in [2.75, 3.05) is 18.8 Å². The number of carboxylic acids is 1. The Hall–Kier alpha value is -5.49. The number of nitrogen functional groups attached to an aromatic ring is 1. The molecular formula is C22H27N9O13S2. The highest BCUT2D eigenvalue weighted by molar-refractivity contribution is 7.84. The molecule has 0 aromatic carbocycles. The monoisotopic (exact) mass is 689 g/mol. The van der Waals surface area contributed by atoms with E-state index in [1.807, 2.05) is 0 Å². The minimum absolute atomic E-state index is 0.00782. The highest BCUT2D eigenvalue weighted by Gasteiger charge is 2.54. The summed E-state index contributed by atoms with van der Waals surface area (Å²) in [5.41, 5.74) is 1.94. The fourth-order valence-corrected chi connectivity index (χ4v) is 4.96. The number of carbonyl (C=O) groups excluding carboxylic acids is 4. The van der Waals surface area contributed by atoms with Crippen LogP contribution in [0.4, 0.5) is 9.93 Å². The van der Waals surface area contributed by atoms with Gasteiger partial charge in [0.1, 0.15) is 11.7 Å². The lowest BCUT2D eigenvalue weighted by molar-refractivity contribution is -0.161. The second kappa shape index (κ2) is 13.7. The van der Waals surface area contributed by atoms with Crippen molar-refractivity contribution >= 4 is 62.2 Å². The van der Waals surface area contributed by atoms with Crippen molar-refractivity contribution in [1.29, 1.82) is 0 Å². The zero-order valence-electron chi connectivity index (χ0n) is 23.7. The van der Waals surface area contributed by atoms with Gasteiger partial charge < -0.3 is 47.3 Å². The fraction of sp³-hybridized carbons (Fsp3) is 0.364. The van der Waals surface area contributed by atoms with Gasteiger partial charge in [-0.3, -0.25) is 23.7 Å². The van der Waals surface area contributed by atoms with Gasteiger partial charge in [0.15, 0.2) is 16.6 Å². The Labute approximate surface area is 261 Å². The maximum absolute atomic E-state index is 13.1. The van der Waals surface area contributed by atoms with E-state index in [9.17, 15) is 57.2 Å². The molecule has 0 spiro atoms. The molecule has 24 heteroatoms. The number of hydrogen-bond acceptors (Lipinski definition) is 15. The number of anilines is 1. The highest BCUT2D eigenvalue weighted by Crippen LogP contribution is 2.24. The summed E-state index contributed by atoms with van der Waals surface area (Å²) in [5, 5.41) is 41.8. The minimum Gasteiger partial charge on any atom is -0.503 e. The second-order valence-electron chi connectivity index (χ2n) is 9.75. The van der Waals surface area contributed by atoms with Gasteiger partial charge in [-0.25, -0.2) is 18.9 Å². The SMILES string of the molecule is CC(C)(ON=C(C(=O)N[C@@H]1C(=O)N(S(=O)(=O)O)[C@@H]1CNC(=O)CNC(=O)NCc1cc(=O)c(O)cn1O)c1csc(N)n1)C(=O)O. The summed E-state index contributed by atoms with van der Waals surface area (Å²) in [6.07, 6.45) is 0.706. The largest absolute Gasteiger partial charge is 0.503 e. The maximum atomic E-state index is 13.1. The molecule has 46 heavy (non-hydrogen) atoms. The number of oxime groups is 1. The van der Waals surface area contributed by atoms with Crippen molar-refractivity contribution in [1.82, 2.24) is 35.3 Å². The molecule has 5 amide bonds. The van der Waals surface area contributed by atoms with E-state index >= 15 is 0 Å². The Balaban J connectivity index is 1.65. The number of amides is 5. The number of nitrogens with zero attached hydrogens (tertiary/aromatic N) is 4. The molecule has 0 saturated carbocycles. The van der Waals surface area contributed by atoms with Gasteiger partial charge in [0.05, 0.1) is 31.0 Å². The van der Waals surface area contributed by atoms with Crippen molar-refractivity contribution < 1.29 is 57.2 Å². The average molecular weight is 690 g/mol. The van der Waals surface area contributed by atoms with Gasteiger partial charge in [0.2, 0.25) is 16.9 Å². The molecule has 10 N–H and O–H groups in total. The van der Waals surface area contributed by atoms with Crippen LogP contribution in [0.15, 0.2) is 27.6 Å². The van der Waals surface area contributed by atoms with Gasteiger partial charge >= 0.3 is 22.3 Å². The van der Waals surface area contributed by atoms with Crippen molar-refractivity contribution in [3.8, 4) is 5.75 Å². The molecule has 1 fully saturated rings. The summed E-state index contributed by atoms with van der Waals surface area (Å²) >= 11 is 0.885. The first-order valence-electron chi connectivity index (χ1n) is 12.6. The van der Waals surface area contributed by atoms with E-state index in [1.165, 1.54) is 5.38 Å². The lowest BCUT2D eigenvalue weighted by atomic mass is 9.98. The topological polar surface area (TPSA) is 334 Å². The molecule has 0 aliphatic carbocycles. The van der Waals surface area contributed by atoms with Crippen LogP contribution >= 0.6 is 11.3 Å². The third-order valence-electron chi connectivity index (χ3n) is 6.00. The van der Waals surface area contributed by atoms with Crippen LogP contribution in [0.1, 0.15) is 25.2 Å². The van der Waals surface area contributed by atoms with E-state index in [0.29, 0.717) is 10.9 Å². The van der Waals surface area contributed by atoms with Crippen LogP contribution in [0.3, 0.4) is 0 Å². The number of urea groups is 1. The fourth-order valence-electron chi connectivity index (χ4n) is 3.53. The number of nitrogens with two attached hydrogens (primary N) is 1. The number of carbonyl (C=O) groups is 5. The molecule has 22 nitrogen and oxygen atoms in total. The van der Waals surface area contributed by atoms with E-state index < -0.39 is 94.2 Å². The van der Waals surface area contributed by atoms with Crippen molar-refractivity contribution in [2.45, 2.75) is 38.1 Å². The van der Waals surface area contributed by atoms with Crippen LogP contribution in [-0.4, -0.2) is 109 Å². The molecule has 1 aliphatic rings. The summed E-state index contributed by atoms with van der Waals surface area (Å²) < 4.78 is 33.5. The number of thiazole rings is 1. The minimum atomic E-state index is -5.16. The normalized spacial score (nSPS) is 16.6. The Morgan fingerprint density at radius 2 is 1.87 bits per heavy atom. The number of aliphatic carboxylic acids is 1. The highest BCUT2D eigenvalue weighted by atomic mass is 32.2. The number of aromatic nitrogens is 2. The molecule has 1 aliphatic heterocycles. The predicted molar refractivity (Wildman–Crippen MR) is 153 cm³/mol. The third-order valence-corrected chi connectivity index (χ3v) is 7.62. The summed E-state index contributed by atoms with van der Waals surface area (Å²) in [4.78, 5) is 81.8. The number of hydrogen-bond donors (Lipinski definition) is 9. The Bertz CT molecular complexity index is 1750. The van der Waals surface area contributed by atoms with Crippen LogP contribution in [0.25, 0.3) is 0 Å². The van der Waals surface area contributed by atoms with Crippen molar-refractivity contribution in [2.24, 2.45) is 5.16 Å². The maximum Gasteiger partial charge on any atom is 0.362 e. The Kier molecular flexibility index (Phi) is 10.4. The van der Waals surface area contributed by atoms with Crippen LogP contribution in [0.2, 0.25) is 0 Å². The third kappa shape index (κ3) is 8.36. The molecule has 3 heterocycles. The van der Waals surface area contributed by atoms with Crippen LogP contribution in [0.5, 0.6) is 5.75 Å². The Morgan fingerprint density at radius 3 is 2.46 bits per heavy atom. The molecule has 0 radical (unpaired) electrons. The quantitative estimate of drug-likeness (QED) is 0.0324. The number of nitrogens with one attached hydrogen (secondary N) is 4. The van der Waals surface area contributed by atoms with Gasteiger partial charge in [-0.15, -0.1) is 11.3 Å². The average Bonchev–Trinajstić information content (AvgIpc) is 3.38. The van der Waals surface area contributed by atoms with Gasteiger partial charge in [-0.05, 0) is 13.8 Å². The molecule has 2 aromatic heterocycles.